The second kappa shape index (κ2) is 9.40. The summed E-state index contributed by atoms with van der Waals surface area (Å²) in [5.41, 5.74) is 0.833. The molecule has 0 unspecified atom stereocenters. The fourth-order valence-corrected chi connectivity index (χ4v) is 4.03. The molecule has 2 aromatic rings. The number of nitrogens with one attached hydrogen (secondary N) is 1. The molecule has 0 aliphatic rings. The molecule has 2 aromatic carbocycles. The standard InChI is InChI=1S/C18H18BrClN2O5S/c1-3-27-18(24)12-8-9-15(14(20)10-12)21-17(23)11-22(28(2,25)26)16-7-5-4-6-13(16)19/h4-10H,3,11H2,1-2H3,(H,21,23). The van der Waals surface area contributed by atoms with E-state index in [0.717, 1.165) is 10.6 Å². The van der Waals surface area contributed by atoms with Gasteiger partial charge in [0.2, 0.25) is 15.9 Å². The minimum absolute atomic E-state index is 0.130. The second-order valence-corrected chi connectivity index (χ2v) is 8.85. The van der Waals surface area contributed by atoms with Crippen molar-refractivity contribution in [2.45, 2.75) is 6.92 Å². The number of anilines is 2. The smallest absolute Gasteiger partial charge is 0.338 e. The Morgan fingerprint density at radius 1 is 1.21 bits per heavy atom. The number of rotatable bonds is 7. The predicted octanol–water partition coefficient (Wildman–Crippen LogP) is 3.68. The van der Waals surface area contributed by atoms with Gasteiger partial charge in [0.15, 0.2) is 0 Å². The Balaban J connectivity index is 2.20. The van der Waals surface area contributed by atoms with Crippen LogP contribution in [0.1, 0.15) is 17.3 Å². The molecule has 0 radical (unpaired) electrons. The maximum Gasteiger partial charge on any atom is 0.338 e. The van der Waals surface area contributed by atoms with Crippen molar-refractivity contribution in [2.75, 3.05) is 29.0 Å². The maximum absolute atomic E-state index is 12.4. The van der Waals surface area contributed by atoms with Gasteiger partial charge in [0.1, 0.15) is 6.54 Å². The molecule has 0 spiro atoms. The molecule has 0 fully saturated rings. The Kier molecular flexibility index (Phi) is 7.45. The lowest BCUT2D eigenvalue weighted by Gasteiger charge is -2.23. The predicted molar refractivity (Wildman–Crippen MR) is 112 cm³/mol. The van der Waals surface area contributed by atoms with E-state index < -0.39 is 28.4 Å². The van der Waals surface area contributed by atoms with Crippen molar-refractivity contribution in [3.05, 3.63) is 57.5 Å². The van der Waals surface area contributed by atoms with Crippen molar-refractivity contribution in [3.63, 3.8) is 0 Å². The minimum atomic E-state index is -3.71. The number of sulfonamides is 1. The molecule has 0 aliphatic carbocycles. The van der Waals surface area contributed by atoms with Gasteiger partial charge in [-0.05, 0) is 53.2 Å². The van der Waals surface area contributed by atoms with Gasteiger partial charge in [-0.15, -0.1) is 0 Å². The van der Waals surface area contributed by atoms with Crippen molar-refractivity contribution < 1.29 is 22.7 Å². The van der Waals surface area contributed by atoms with Crippen LogP contribution in [0.4, 0.5) is 11.4 Å². The van der Waals surface area contributed by atoms with Crippen LogP contribution < -0.4 is 9.62 Å². The number of esters is 1. The van der Waals surface area contributed by atoms with Crippen molar-refractivity contribution in [1.82, 2.24) is 0 Å². The lowest BCUT2D eigenvalue weighted by Crippen LogP contribution is -2.37. The summed E-state index contributed by atoms with van der Waals surface area (Å²) < 4.78 is 30.7. The van der Waals surface area contributed by atoms with Gasteiger partial charge in [-0.1, -0.05) is 23.7 Å². The molecule has 10 heteroatoms. The molecule has 0 saturated heterocycles. The van der Waals surface area contributed by atoms with Gasteiger partial charge in [0.05, 0.1) is 34.8 Å². The van der Waals surface area contributed by atoms with Gasteiger partial charge >= 0.3 is 5.97 Å². The average Bonchev–Trinajstić information content (AvgIpc) is 2.61. The fraction of sp³-hybridized carbons (Fsp3) is 0.222. The van der Waals surface area contributed by atoms with E-state index in [4.69, 9.17) is 16.3 Å². The van der Waals surface area contributed by atoms with Crippen molar-refractivity contribution in [1.29, 1.82) is 0 Å². The first-order valence-corrected chi connectivity index (χ1v) is 11.1. The molecule has 7 nitrogen and oxygen atoms in total. The molecule has 150 valence electrons. The van der Waals surface area contributed by atoms with E-state index in [-0.39, 0.29) is 22.9 Å². The number of nitrogens with zero attached hydrogens (tertiary/aromatic N) is 1. The highest BCUT2D eigenvalue weighted by Gasteiger charge is 2.23. The molecule has 0 aliphatic heterocycles. The molecule has 28 heavy (non-hydrogen) atoms. The summed E-state index contributed by atoms with van der Waals surface area (Å²) >= 11 is 9.41. The molecule has 0 saturated carbocycles. The average molecular weight is 490 g/mol. The van der Waals surface area contributed by atoms with Crippen molar-refractivity contribution in [3.8, 4) is 0 Å². The first-order valence-electron chi connectivity index (χ1n) is 8.12. The van der Waals surface area contributed by atoms with Crippen LogP contribution in [0.2, 0.25) is 5.02 Å². The third-order valence-corrected chi connectivity index (χ3v) is 5.67. The van der Waals surface area contributed by atoms with Crippen LogP contribution in [0.15, 0.2) is 46.9 Å². The summed E-state index contributed by atoms with van der Waals surface area (Å²) in [4.78, 5) is 24.2. The van der Waals surface area contributed by atoms with Gasteiger partial charge in [-0.2, -0.15) is 0 Å². The number of para-hydroxylation sites is 1. The number of hydrogen-bond acceptors (Lipinski definition) is 5. The lowest BCUT2D eigenvalue weighted by molar-refractivity contribution is -0.114. The highest BCUT2D eigenvalue weighted by Crippen LogP contribution is 2.28. The SMILES string of the molecule is CCOC(=O)c1ccc(NC(=O)CN(c2ccccc2Br)S(C)(=O)=O)c(Cl)c1. The first kappa shape index (κ1) is 22.2. The molecule has 1 amide bonds. The number of benzene rings is 2. The third kappa shape index (κ3) is 5.70. The van der Waals surface area contributed by atoms with Gasteiger partial charge < -0.3 is 10.1 Å². The Morgan fingerprint density at radius 3 is 2.46 bits per heavy atom. The second-order valence-electron chi connectivity index (χ2n) is 5.68. The summed E-state index contributed by atoms with van der Waals surface area (Å²) in [5.74, 6) is -1.12. The number of halogens is 2. The van der Waals surface area contributed by atoms with Gasteiger partial charge in [0, 0.05) is 4.47 Å². The zero-order valence-electron chi connectivity index (χ0n) is 15.1. The summed E-state index contributed by atoms with van der Waals surface area (Å²) in [6.45, 7) is 1.47. The number of carbonyl (C=O) groups is 2. The molecule has 0 atom stereocenters. The topological polar surface area (TPSA) is 92.8 Å². The highest BCUT2D eigenvalue weighted by atomic mass is 79.9. The number of hydrogen-bond donors (Lipinski definition) is 1. The van der Waals surface area contributed by atoms with Crippen LogP contribution in [0.3, 0.4) is 0 Å². The Hall–Kier alpha value is -2.10. The molecule has 0 bridgehead atoms. The fourth-order valence-electron chi connectivity index (χ4n) is 2.31. The first-order chi connectivity index (χ1) is 13.1. The molecular weight excluding hydrogens is 472 g/mol. The van der Waals surface area contributed by atoms with Crippen LogP contribution in [0.25, 0.3) is 0 Å². The molecule has 2 rings (SSSR count). The quantitative estimate of drug-likeness (QED) is 0.599. The lowest BCUT2D eigenvalue weighted by atomic mass is 10.2. The minimum Gasteiger partial charge on any atom is -0.462 e. The monoisotopic (exact) mass is 488 g/mol. The van der Waals surface area contributed by atoms with Crippen LogP contribution >= 0.6 is 27.5 Å². The summed E-state index contributed by atoms with van der Waals surface area (Å²) in [6.07, 6.45) is 1.01. The van der Waals surface area contributed by atoms with Gasteiger partial charge in [-0.25, -0.2) is 13.2 Å². The van der Waals surface area contributed by atoms with Crippen molar-refractivity contribution >= 4 is 60.8 Å². The van der Waals surface area contributed by atoms with Crippen LogP contribution in [-0.4, -0.2) is 39.7 Å². The van der Waals surface area contributed by atoms with E-state index >= 15 is 0 Å². The molecule has 1 N–H and O–H groups in total. The van der Waals surface area contributed by atoms with E-state index in [1.54, 1.807) is 31.2 Å². The maximum atomic E-state index is 12.4. The summed E-state index contributed by atoms with van der Waals surface area (Å²) in [6, 6.07) is 10.9. The van der Waals surface area contributed by atoms with Gasteiger partial charge in [0.25, 0.3) is 0 Å². The van der Waals surface area contributed by atoms with E-state index in [1.807, 2.05) is 0 Å². The van der Waals surface area contributed by atoms with Crippen molar-refractivity contribution in [2.24, 2.45) is 0 Å². The number of carbonyl (C=O) groups excluding carboxylic acids is 2. The largest absolute Gasteiger partial charge is 0.462 e. The van der Waals surface area contributed by atoms with E-state index in [0.29, 0.717) is 10.2 Å². The van der Waals surface area contributed by atoms with Crippen LogP contribution in [-0.2, 0) is 19.6 Å². The zero-order chi connectivity index (χ0) is 20.9. The van der Waals surface area contributed by atoms with E-state index in [2.05, 4.69) is 21.2 Å². The van der Waals surface area contributed by atoms with E-state index in [9.17, 15) is 18.0 Å². The third-order valence-electron chi connectivity index (χ3n) is 3.56. The van der Waals surface area contributed by atoms with Gasteiger partial charge in [-0.3, -0.25) is 9.10 Å². The molecule has 0 aromatic heterocycles. The Bertz CT molecular complexity index is 997. The Morgan fingerprint density at radius 2 is 1.89 bits per heavy atom. The number of ether oxygens (including phenoxy) is 1. The highest BCUT2D eigenvalue weighted by molar-refractivity contribution is 9.10. The zero-order valence-corrected chi connectivity index (χ0v) is 18.3. The Labute approximate surface area is 176 Å². The van der Waals surface area contributed by atoms with Crippen LogP contribution in [0, 0.1) is 0 Å². The molecule has 0 heterocycles. The normalized spacial score (nSPS) is 11.0. The van der Waals surface area contributed by atoms with E-state index in [1.165, 1.54) is 18.2 Å². The number of amides is 1. The van der Waals surface area contributed by atoms with Crippen LogP contribution in [0.5, 0.6) is 0 Å². The summed E-state index contributed by atoms with van der Waals surface area (Å²) in [7, 11) is -3.71. The molecular formula is C18H18BrClN2O5S. The summed E-state index contributed by atoms with van der Waals surface area (Å²) in [5, 5.41) is 2.69.